The number of hydrogen-bond acceptors (Lipinski definition) is 5. The summed E-state index contributed by atoms with van der Waals surface area (Å²) in [5.41, 5.74) is 2.01. The highest BCUT2D eigenvalue weighted by Crippen LogP contribution is 2.23. The van der Waals surface area contributed by atoms with Crippen LogP contribution in [0.4, 0.5) is 11.4 Å². The zero-order valence-electron chi connectivity index (χ0n) is 11.6. The number of benzene rings is 1. The van der Waals surface area contributed by atoms with Crippen molar-refractivity contribution >= 4 is 36.9 Å². The van der Waals surface area contributed by atoms with Gasteiger partial charge >= 0.3 is 13.6 Å². The van der Waals surface area contributed by atoms with E-state index in [1.165, 1.54) is 34.8 Å². The van der Waals surface area contributed by atoms with Crippen molar-refractivity contribution in [2.45, 2.75) is 6.92 Å². The SMILES string of the molecule is CO[B]Nc1ccc(/C=C/C(=O)OC)cc1NC(C)=O. The number of nitrogens with one attached hydrogen (secondary N) is 2. The maximum Gasteiger partial charge on any atom is 0.436 e. The van der Waals surface area contributed by atoms with Crippen LogP contribution in [0.15, 0.2) is 24.3 Å². The van der Waals surface area contributed by atoms with Gasteiger partial charge in [-0.1, -0.05) is 6.07 Å². The third-order valence-corrected chi connectivity index (χ3v) is 2.30. The van der Waals surface area contributed by atoms with Crippen molar-refractivity contribution in [3.8, 4) is 0 Å². The van der Waals surface area contributed by atoms with E-state index >= 15 is 0 Å². The van der Waals surface area contributed by atoms with Crippen LogP contribution in [-0.4, -0.2) is 33.7 Å². The van der Waals surface area contributed by atoms with Crippen LogP contribution < -0.4 is 10.5 Å². The molecule has 0 aliphatic carbocycles. The number of amides is 1. The molecule has 0 aromatic heterocycles. The number of carbonyl (C=O) groups excluding carboxylic acids is 2. The van der Waals surface area contributed by atoms with Crippen molar-refractivity contribution in [1.82, 2.24) is 0 Å². The minimum atomic E-state index is -0.444. The predicted octanol–water partition coefficient (Wildman–Crippen LogP) is 1.42. The summed E-state index contributed by atoms with van der Waals surface area (Å²) < 4.78 is 9.32. The van der Waals surface area contributed by atoms with Gasteiger partial charge in [-0.25, -0.2) is 4.79 Å². The highest BCUT2D eigenvalue weighted by atomic mass is 16.5. The van der Waals surface area contributed by atoms with E-state index in [1.54, 1.807) is 24.3 Å². The Labute approximate surface area is 118 Å². The van der Waals surface area contributed by atoms with Crippen molar-refractivity contribution in [3.05, 3.63) is 29.8 Å². The molecule has 0 atom stereocenters. The maximum absolute atomic E-state index is 11.2. The minimum absolute atomic E-state index is 0.195. The first kappa shape index (κ1) is 15.8. The minimum Gasteiger partial charge on any atom is -0.466 e. The number of hydrogen-bond donors (Lipinski definition) is 2. The number of rotatable bonds is 6. The summed E-state index contributed by atoms with van der Waals surface area (Å²) in [4.78, 5) is 22.2. The third kappa shape index (κ3) is 5.15. The van der Waals surface area contributed by atoms with Gasteiger partial charge in [0.05, 0.1) is 12.8 Å². The Bertz CT molecular complexity index is 517. The molecule has 1 aromatic carbocycles. The van der Waals surface area contributed by atoms with Crippen LogP contribution in [0.3, 0.4) is 0 Å². The maximum atomic E-state index is 11.2. The van der Waals surface area contributed by atoms with Crippen LogP contribution in [-0.2, 0) is 19.0 Å². The standard InChI is InChI=1S/C13H16BN2O4/c1-9(17)15-12-8-10(5-7-13(18)19-2)4-6-11(12)16-14-20-3/h4-8,16H,1-3H3,(H,15,17)/b7-5+. The Kier molecular flexibility index (Phi) is 6.32. The van der Waals surface area contributed by atoms with Gasteiger partial charge in [0.2, 0.25) is 5.91 Å². The summed E-state index contributed by atoms with van der Waals surface area (Å²) in [6.07, 6.45) is 2.90. The quantitative estimate of drug-likeness (QED) is 0.466. The molecule has 0 bridgehead atoms. The lowest BCUT2D eigenvalue weighted by atomic mass is 10.1. The van der Waals surface area contributed by atoms with Crippen molar-refractivity contribution < 1.29 is 19.0 Å². The molecule has 0 saturated carbocycles. The van der Waals surface area contributed by atoms with E-state index in [1.807, 2.05) is 0 Å². The second-order valence-electron chi connectivity index (χ2n) is 3.84. The summed E-state index contributed by atoms with van der Waals surface area (Å²) in [5.74, 6) is -0.638. The van der Waals surface area contributed by atoms with E-state index in [-0.39, 0.29) is 5.91 Å². The Morgan fingerprint density at radius 1 is 1.25 bits per heavy atom. The van der Waals surface area contributed by atoms with Gasteiger partial charge in [-0.15, -0.1) is 0 Å². The molecule has 0 aliphatic heterocycles. The molecule has 105 valence electrons. The van der Waals surface area contributed by atoms with Gasteiger partial charge in [-0.3, -0.25) is 4.79 Å². The molecule has 0 unspecified atom stereocenters. The molecule has 1 aromatic rings. The van der Waals surface area contributed by atoms with Crippen molar-refractivity contribution in [2.75, 3.05) is 24.8 Å². The molecule has 0 aliphatic rings. The average Bonchev–Trinajstić information content (AvgIpc) is 2.43. The Morgan fingerprint density at radius 3 is 2.60 bits per heavy atom. The number of methoxy groups -OCH3 is 1. The molecular formula is C13H16BN2O4. The normalized spacial score (nSPS) is 10.2. The van der Waals surface area contributed by atoms with Crippen LogP contribution in [0.25, 0.3) is 6.08 Å². The van der Waals surface area contributed by atoms with Gasteiger partial charge in [-0.05, 0) is 23.8 Å². The van der Waals surface area contributed by atoms with Crippen molar-refractivity contribution in [1.29, 1.82) is 0 Å². The van der Waals surface area contributed by atoms with Crippen LogP contribution in [0.2, 0.25) is 0 Å². The number of ether oxygens (including phenoxy) is 1. The zero-order valence-corrected chi connectivity index (χ0v) is 11.6. The van der Waals surface area contributed by atoms with Gasteiger partial charge < -0.3 is 19.9 Å². The first-order chi connectivity index (χ1) is 9.56. The summed E-state index contributed by atoms with van der Waals surface area (Å²) >= 11 is 0. The van der Waals surface area contributed by atoms with Gasteiger partial charge in [0, 0.05) is 25.8 Å². The van der Waals surface area contributed by atoms with Gasteiger partial charge in [0.25, 0.3) is 0 Å². The summed E-state index contributed by atoms with van der Waals surface area (Å²) in [5, 5.41) is 5.59. The van der Waals surface area contributed by atoms with E-state index in [9.17, 15) is 9.59 Å². The monoisotopic (exact) mass is 275 g/mol. The van der Waals surface area contributed by atoms with E-state index in [0.29, 0.717) is 11.4 Å². The Morgan fingerprint density at radius 2 is 2.00 bits per heavy atom. The fraction of sp³-hybridized carbons (Fsp3) is 0.231. The molecule has 20 heavy (non-hydrogen) atoms. The second kappa shape index (κ2) is 8.01. The van der Waals surface area contributed by atoms with Crippen LogP contribution >= 0.6 is 0 Å². The first-order valence-electron chi connectivity index (χ1n) is 5.85. The molecule has 1 radical (unpaired) electrons. The summed E-state index contributed by atoms with van der Waals surface area (Å²) in [7, 11) is 4.21. The Hall–Kier alpha value is -2.28. The molecule has 6 nitrogen and oxygen atoms in total. The van der Waals surface area contributed by atoms with Crippen LogP contribution in [0, 0.1) is 0 Å². The van der Waals surface area contributed by atoms with E-state index in [4.69, 9.17) is 4.65 Å². The number of carbonyl (C=O) groups is 2. The second-order valence-corrected chi connectivity index (χ2v) is 3.84. The smallest absolute Gasteiger partial charge is 0.436 e. The zero-order chi connectivity index (χ0) is 15.0. The molecule has 0 saturated heterocycles. The number of esters is 1. The highest BCUT2D eigenvalue weighted by Gasteiger charge is 2.05. The first-order valence-corrected chi connectivity index (χ1v) is 5.85. The molecule has 1 rings (SSSR count). The largest absolute Gasteiger partial charge is 0.466 e. The Balaban J connectivity index is 2.97. The van der Waals surface area contributed by atoms with Gasteiger partial charge in [0.1, 0.15) is 0 Å². The van der Waals surface area contributed by atoms with Gasteiger partial charge in [0.15, 0.2) is 0 Å². The summed E-state index contributed by atoms with van der Waals surface area (Å²) in [6, 6.07) is 5.28. The van der Waals surface area contributed by atoms with Crippen LogP contribution in [0.1, 0.15) is 12.5 Å². The van der Waals surface area contributed by atoms with E-state index in [0.717, 1.165) is 5.56 Å². The van der Waals surface area contributed by atoms with E-state index in [2.05, 4.69) is 15.3 Å². The van der Waals surface area contributed by atoms with Crippen LogP contribution in [0.5, 0.6) is 0 Å². The molecule has 0 fully saturated rings. The topological polar surface area (TPSA) is 76.7 Å². The molecule has 0 heterocycles. The molecule has 1 amide bonds. The van der Waals surface area contributed by atoms with E-state index < -0.39 is 5.97 Å². The summed E-state index contributed by atoms with van der Waals surface area (Å²) in [6.45, 7) is 1.42. The predicted molar refractivity (Wildman–Crippen MR) is 78.2 cm³/mol. The fourth-order valence-corrected chi connectivity index (χ4v) is 1.44. The van der Waals surface area contributed by atoms with Crippen molar-refractivity contribution in [2.24, 2.45) is 0 Å². The third-order valence-electron chi connectivity index (χ3n) is 2.30. The molecule has 0 spiro atoms. The lowest BCUT2D eigenvalue weighted by Crippen LogP contribution is -2.13. The molecular weight excluding hydrogens is 259 g/mol. The van der Waals surface area contributed by atoms with Gasteiger partial charge in [-0.2, -0.15) is 0 Å². The highest BCUT2D eigenvalue weighted by molar-refractivity contribution is 6.33. The molecule has 2 N–H and O–H groups in total. The lowest BCUT2D eigenvalue weighted by Gasteiger charge is -2.12. The average molecular weight is 275 g/mol. The fourth-order valence-electron chi connectivity index (χ4n) is 1.44. The lowest BCUT2D eigenvalue weighted by molar-refractivity contribution is -0.134. The molecule has 7 heteroatoms. The van der Waals surface area contributed by atoms with Crippen molar-refractivity contribution in [3.63, 3.8) is 0 Å². The number of anilines is 2.